The molecule has 1 unspecified atom stereocenters. The number of methoxy groups -OCH3 is 2. The van der Waals surface area contributed by atoms with Crippen molar-refractivity contribution in [3.63, 3.8) is 0 Å². The molecular formula is C18H22N2O3S. The summed E-state index contributed by atoms with van der Waals surface area (Å²) < 4.78 is 10.5. The fraction of sp³-hybridized carbons (Fsp3) is 0.333. The Morgan fingerprint density at radius 3 is 2.75 bits per heavy atom. The predicted molar refractivity (Wildman–Crippen MR) is 96.6 cm³/mol. The van der Waals surface area contributed by atoms with Crippen LogP contribution in [0.3, 0.4) is 0 Å². The monoisotopic (exact) mass is 346 g/mol. The van der Waals surface area contributed by atoms with Crippen molar-refractivity contribution in [3.05, 3.63) is 45.9 Å². The van der Waals surface area contributed by atoms with Crippen LogP contribution >= 0.6 is 11.3 Å². The molecule has 0 bridgehead atoms. The number of hydrogen-bond acceptors (Lipinski definition) is 5. The molecule has 6 heteroatoms. The highest BCUT2D eigenvalue weighted by atomic mass is 32.1. The number of carbonyl (C=O) groups excluding carboxylic acids is 1. The Morgan fingerprint density at radius 2 is 2.17 bits per heavy atom. The highest BCUT2D eigenvalue weighted by Gasteiger charge is 2.14. The van der Waals surface area contributed by atoms with Crippen LogP contribution in [0.15, 0.2) is 29.7 Å². The van der Waals surface area contributed by atoms with Crippen LogP contribution in [0.5, 0.6) is 11.5 Å². The van der Waals surface area contributed by atoms with Gasteiger partial charge in [-0.25, -0.2) is 4.98 Å². The van der Waals surface area contributed by atoms with E-state index in [-0.39, 0.29) is 11.9 Å². The minimum atomic E-state index is -0.160. The predicted octanol–water partition coefficient (Wildman–Crippen LogP) is 3.75. The second kappa shape index (κ2) is 8.49. The van der Waals surface area contributed by atoms with Crippen molar-refractivity contribution < 1.29 is 14.3 Å². The zero-order chi connectivity index (χ0) is 17.5. The van der Waals surface area contributed by atoms with Crippen molar-refractivity contribution in [2.75, 3.05) is 14.2 Å². The van der Waals surface area contributed by atoms with Crippen molar-refractivity contribution in [1.82, 2.24) is 10.3 Å². The molecule has 0 aliphatic carbocycles. The number of amides is 1. The maximum atomic E-state index is 12.2. The number of rotatable bonds is 7. The summed E-state index contributed by atoms with van der Waals surface area (Å²) in [6.07, 6.45) is 4.03. The molecule has 0 aliphatic rings. The Balaban J connectivity index is 2.07. The fourth-order valence-electron chi connectivity index (χ4n) is 2.21. The van der Waals surface area contributed by atoms with Crippen molar-refractivity contribution in [2.24, 2.45) is 0 Å². The summed E-state index contributed by atoms with van der Waals surface area (Å²) in [4.78, 5) is 16.6. The molecule has 5 nitrogen and oxygen atoms in total. The summed E-state index contributed by atoms with van der Waals surface area (Å²) >= 11 is 1.57. The van der Waals surface area contributed by atoms with Gasteiger partial charge in [0.05, 0.1) is 20.3 Å². The number of carbonyl (C=O) groups is 1. The van der Waals surface area contributed by atoms with Gasteiger partial charge in [0.15, 0.2) is 0 Å². The second-order valence-electron chi connectivity index (χ2n) is 5.24. The average Bonchev–Trinajstić information content (AvgIpc) is 3.03. The molecule has 1 N–H and O–H groups in total. The Kier molecular flexibility index (Phi) is 6.37. The Labute approximate surface area is 146 Å². The van der Waals surface area contributed by atoms with Crippen LogP contribution < -0.4 is 14.8 Å². The molecule has 2 rings (SSSR count). The van der Waals surface area contributed by atoms with Crippen molar-refractivity contribution in [2.45, 2.75) is 26.3 Å². The van der Waals surface area contributed by atoms with E-state index in [1.54, 1.807) is 37.7 Å². The summed E-state index contributed by atoms with van der Waals surface area (Å²) in [5.41, 5.74) is 1.79. The van der Waals surface area contributed by atoms with Gasteiger partial charge in [-0.1, -0.05) is 6.92 Å². The summed E-state index contributed by atoms with van der Waals surface area (Å²) in [6.45, 7) is 3.97. The molecule has 128 valence electrons. The number of thiazole rings is 1. The second-order valence-corrected chi connectivity index (χ2v) is 6.13. The highest BCUT2D eigenvalue weighted by Crippen LogP contribution is 2.25. The molecule has 0 radical (unpaired) electrons. The number of aromatic nitrogens is 1. The maximum absolute atomic E-state index is 12.2. The van der Waals surface area contributed by atoms with Gasteiger partial charge in [-0.2, -0.15) is 0 Å². The molecule has 0 spiro atoms. The van der Waals surface area contributed by atoms with Crippen LogP contribution in [0.25, 0.3) is 6.08 Å². The quantitative estimate of drug-likeness (QED) is 0.776. The van der Waals surface area contributed by atoms with Gasteiger partial charge in [0.25, 0.3) is 0 Å². The molecule has 0 saturated carbocycles. The van der Waals surface area contributed by atoms with Gasteiger partial charge in [0, 0.05) is 28.8 Å². The molecule has 1 aromatic carbocycles. The average molecular weight is 346 g/mol. The van der Waals surface area contributed by atoms with Gasteiger partial charge < -0.3 is 14.8 Å². The molecule has 1 atom stereocenters. The first-order valence-corrected chi connectivity index (χ1v) is 8.58. The van der Waals surface area contributed by atoms with Crippen molar-refractivity contribution in [1.29, 1.82) is 0 Å². The van der Waals surface area contributed by atoms with Gasteiger partial charge in [-0.3, -0.25) is 4.79 Å². The SMILES string of the molecule is CCC(NC(=O)C=Cc1ccc(OC)cc1OC)c1nc(C)cs1. The lowest BCUT2D eigenvalue weighted by Gasteiger charge is -2.13. The summed E-state index contributed by atoms with van der Waals surface area (Å²) in [7, 11) is 3.19. The van der Waals surface area contributed by atoms with Gasteiger partial charge in [-0.05, 0) is 31.6 Å². The van der Waals surface area contributed by atoms with E-state index in [1.807, 2.05) is 31.4 Å². The van der Waals surface area contributed by atoms with E-state index in [0.29, 0.717) is 11.5 Å². The number of nitrogens with one attached hydrogen (secondary N) is 1. The van der Waals surface area contributed by atoms with Gasteiger partial charge in [0.1, 0.15) is 16.5 Å². The van der Waals surface area contributed by atoms with Crippen LogP contribution in [0.4, 0.5) is 0 Å². The number of aryl methyl sites for hydroxylation is 1. The third-order valence-electron chi connectivity index (χ3n) is 3.51. The van der Waals surface area contributed by atoms with Gasteiger partial charge >= 0.3 is 0 Å². The molecule has 1 heterocycles. The first-order chi connectivity index (χ1) is 11.6. The van der Waals surface area contributed by atoms with Crippen LogP contribution in [-0.2, 0) is 4.79 Å². The molecule has 1 amide bonds. The minimum absolute atomic E-state index is 0.0707. The number of nitrogens with zero attached hydrogens (tertiary/aromatic N) is 1. The molecular weight excluding hydrogens is 324 g/mol. The number of benzene rings is 1. The number of hydrogen-bond donors (Lipinski definition) is 1. The Morgan fingerprint density at radius 1 is 1.38 bits per heavy atom. The van der Waals surface area contributed by atoms with E-state index in [4.69, 9.17) is 9.47 Å². The highest BCUT2D eigenvalue weighted by molar-refractivity contribution is 7.09. The zero-order valence-corrected chi connectivity index (χ0v) is 15.1. The molecule has 0 aliphatic heterocycles. The van der Waals surface area contributed by atoms with Crippen molar-refractivity contribution in [3.8, 4) is 11.5 Å². The smallest absolute Gasteiger partial charge is 0.244 e. The molecule has 0 fully saturated rings. The van der Waals surface area contributed by atoms with Crippen molar-refractivity contribution >= 4 is 23.3 Å². The first kappa shape index (κ1) is 18.0. The third kappa shape index (κ3) is 4.58. The molecule has 1 aromatic heterocycles. The first-order valence-electron chi connectivity index (χ1n) is 7.70. The standard InChI is InChI=1S/C18H22N2O3S/c1-5-15(18-19-12(2)11-24-18)20-17(21)9-7-13-6-8-14(22-3)10-16(13)23-4/h6-11,15H,5H2,1-4H3,(H,20,21). The topological polar surface area (TPSA) is 60.5 Å². The van der Waals surface area contributed by atoms with E-state index in [9.17, 15) is 4.79 Å². The van der Waals surface area contributed by atoms with Gasteiger partial charge in [-0.15, -0.1) is 11.3 Å². The lowest BCUT2D eigenvalue weighted by molar-refractivity contribution is -0.117. The van der Waals surface area contributed by atoms with E-state index >= 15 is 0 Å². The minimum Gasteiger partial charge on any atom is -0.497 e. The largest absolute Gasteiger partial charge is 0.497 e. The normalized spacial score (nSPS) is 12.2. The van der Waals surface area contributed by atoms with Crippen LogP contribution in [-0.4, -0.2) is 25.1 Å². The third-order valence-corrected chi connectivity index (χ3v) is 4.59. The van der Waals surface area contributed by atoms with E-state index < -0.39 is 0 Å². The van der Waals surface area contributed by atoms with Crippen LogP contribution in [0, 0.1) is 6.92 Å². The van der Waals surface area contributed by atoms with Crippen LogP contribution in [0.1, 0.15) is 35.7 Å². The maximum Gasteiger partial charge on any atom is 0.244 e. The number of ether oxygens (including phenoxy) is 2. The molecule has 0 saturated heterocycles. The van der Waals surface area contributed by atoms with Gasteiger partial charge in [0.2, 0.25) is 5.91 Å². The lowest BCUT2D eigenvalue weighted by Crippen LogP contribution is -2.26. The van der Waals surface area contributed by atoms with E-state index in [0.717, 1.165) is 22.7 Å². The summed E-state index contributed by atoms with van der Waals surface area (Å²) in [6, 6.07) is 5.39. The fourth-order valence-corrected chi connectivity index (χ4v) is 3.14. The van der Waals surface area contributed by atoms with E-state index in [2.05, 4.69) is 10.3 Å². The Hall–Kier alpha value is -2.34. The Bertz CT molecular complexity index is 725. The molecule has 2 aromatic rings. The van der Waals surface area contributed by atoms with E-state index in [1.165, 1.54) is 6.08 Å². The lowest BCUT2D eigenvalue weighted by atomic mass is 10.1. The summed E-state index contributed by atoms with van der Waals surface area (Å²) in [5, 5.41) is 5.90. The molecule has 24 heavy (non-hydrogen) atoms. The zero-order valence-electron chi connectivity index (χ0n) is 14.3. The van der Waals surface area contributed by atoms with Crippen LogP contribution in [0.2, 0.25) is 0 Å². The summed E-state index contributed by atoms with van der Waals surface area (Å²) in [5.74, 6) is 1.20.